The molecule has 23 heavy (non-hydrogen) atoms. The number of fused-ring (bicyclic) bond motifs is 1. The molecular formula is C16H14ClN3O2S. The molecule has 0 saturated heterocycles. The molecule has 0 aliphatic rings. The topological polar surface area (TPSA) is 64.0 Å². The highest BCUT2D eigenvalue weighted by atomic mass is 35.5. The molecule has 5 nitrogen and oxygen atoms in total. The van der Waals surface area contributed by atoms with Crippen LogP contribution in [0.15, 0.2) is 40.5 Å². The third-order valence-corrected chi connectivity index (χ3v) is 4.66. The molecule has 1 N–H and O–H groups in total. The summed E-state index contributed by atoms with van der Waals surface area (Å²) >= 11 is 7.34. The van der Waals surface area contributed by atoms with Crippen LogP contribution >= 0.6 is 22.9 Å². The monoisotopic (exact) mass is 347 g/mol. The number of thiophene rings is 1. The molecule has 2 heterocycles. The van der Waals surface area contributed by atoms with Gasteiger partial charge in [-0.25, -0.2) is 4.98 Å². The predicted octanol–water partition coefficient (Wildman–Crippen LogP) is 3.14. The quantitative estimate of drug-likeness (QED) is 0.791. The second-order valence-corrected chi connectivity index (χ2v) is 6.55. The van der Waals surface area contributed by atoms with Gasteiger partial charge in [0.15, 0.2) is 0 Å². The molecule has 0 fully saturated rings. The molecule has 7 heteroatoms. The lowest BCUT2D eigenvalue weighted by molar-refractivity contribution is 0.0941. The molecule has 0 spiro atoms. The number of hydrogen-bond donors (Lipinski definition) is 1. The van der Waals surface area contributed by atoms with Gasteiger partial charge in [0.25, 0.3) is 11.5 Å². The van der Waals surface area contributed by atoms with E-state index in [1.807, 2.05) is 11.4 Å². The van der Waals surface area contributed by atoms with Crippen LogP contribution < -0.4 is 10.9 Å². The fraction of sp³-hybridized carbons (Fsp3) is 0.188. The van der Waals surface area contributed by atoms with Crippen molar-refractivity contribution < 1.29 is 4.79 Å². The number of hydrogen-bond acceptors (Lipinski definition) is 4. The number of aromatic nitrogens is 2. The summed E-state index contributed by atoms with van der Waals surface area (Å²) in [6, 6.07) is 8.12. The summed E-state index contributed by atoms with van der Waals surface area (Å²) in [4.78, 5) is 29.7. The molecular weight excluding hydrogens is 334 g/mol. The van der Waals surface area contributed by atoms with Gasteiger partial charge in [0.2, 0.25) is 0 Å². The van der Waals surface area contributed by atoms with Crippen molar-refractivity contribution >= 4 is 39.7 Å². The van der Waals surface area contributed by atoms with Crippen molar-refractivity contribution in [1.29, 1.82) is 0 Å². The maximum atomic E-state index is 12.4. The number of carbonyl (C=O) groups excluding carboxylic acids is 1. The van der Waals surface area contributed by atoms with Crippen molar-refractivity contribution in [2.24, 2.45) is 7.05 Å². The number of nitrogens with one attached hydrogen (secondary N) is 1. The van der Waals surface area contributed by atoms with Crippen LogP contribution in [-0.4, -0.2) is 15.5 Å². The zero-order valence-corrected chi connectivity index (χ0v) is 14.1. The first kappa shape index (κ1) is 15.7. The Morgan fingerprint density at radius 3 is 2.87 bits per heavy atom. The minimum absolute atomic E-state index is 0.168. The zero-order chi connectivity index (χ0) is 16.6. The van der Waals surface area contributed by atoms with Crippen molar-refractivity contribution in [2.45, 2.75) is 13.0 Å². The van der Waals surface area contributed by atoms with E-state index in [9.17, 15) is 9.59 Å². The van der Waals surface area contributed by atoms with Crippen LogP contribution in [0, 0.1) is 0 Å². The van der Waals surface area contributed by atoms with Crippen molar-refractivity contribution in [1.82, 2.24) is 14.9 Å². The van der Waals surface area contributed by atoms with Gasteiger partial charge in [-0.1, -0.05) is 17.7 Å². The fourth-order valence-corrected chi connectivity index (χ4v) is 3.18. The highest BCUT2D eigenvalue weighted by molar-refractivity contribution is 7.12. The number of amides is 1. The van der Waals surface area contributed by atoms with Gasteiger partial charge in [-0.2, -0.15) is 0 Å². The molecule has 0 bridgehead atoms. The van der Waals surface area contributed by atoms with Gasteiger partial charge in [0.05, 0.1) is 21.8 Å². The molecule has 118 valence electrons. The minimum atomic E-state index is -0.411. The Kier molecular flexibility index (Phi) is 4.19. The van der Waals surface area contributed by atoms with Crippen LogP contribution in [0.5, 0.6) is 0 Å². The van der Waals surface area contributed by atoms with Crippen molar-refractivity contribution in [3.63, 3.8) is 0 Å². The van der Waals surface area contributed by atoms with E-state index in [1.54, 1.807) is 38.2 Å². The maximum absolute atomic E-state index is 12.4. The first-order chi connectivity index (χ1) is 11.0. The highest BCUT2D eigenvalue weighted by Gasteiger charge is 2.17. The number of benzene rings is 1. The number of rotatable bonds is 3. The smallest absolute Gasteiger partial charge is 0.261 e. The van der Waals surface area contributed by atoms with Gasteiger partial charge in [-0.05, 0) is 36.6 Å². The Hall–Kier alpha value is -2.18. The van der Waals surface area contributed by atoms with E-state index in [0.29, 0.717) is 26.6 Å². The van der Waals surface area contributed by atoms with Crippen molar-refractivity contribution in [3.8, 4) is 0 Å². The summed E-state index contributed by atoms with van der Waals surface area (Å²) in [6.45, 7) is 1.80. The number of carbonyl (C=O) groups is 1. The fourth-order valence-electron chi connectivity index (χ4n) is 2.39. The molecule has 0 radical (unpaired) electrons. The average Bonchev–Trinajstić information content (AvgIpc) is 3.05. The van der Waals surface area contributed by atoms with Gasteiger partial charge in [-0.15, -0.1) is 11.3 Å². The van der Waals surface area contributed by atoms with Crippen molar-refractivity contribution in [2.75, 3.05) is 0 Å². The Bertz CT molecular complexity index is 934. The molecule has 0 aliphatic carbocycles. The molecule has 1 amide bonds. The standard InChI is InChI=1S/C16H14ClN3O2S/c1-9(18-15(21)13-4-3-7-23-13)14-19-12-8-10(17)5-6-11(12)16(22)20(14)2/h3-9H,1-2H3,(H,18,21)/t9-/m1/s1. The second kappa shape index (κ2) is 6.14. The first-order valence-corrected chi connectivity index (χ1v) is 8.23. The summed E-state index contributed by atoms with van der Waals surface area (Å²) < 4.78 is 1.45. The maximum Gasteiger partial charge on any atom is 0.261 e. The molecule has 1 atom stereocenters. The lowest BCUT2D eigenvalue weighted by Gasteiger charge is -2.17. The third-order valence-electron chi connectivity index (χ3n) is 3.55. The van der Waals surface area contributed by atoms with E-state index in [-0.39, 0.29) is 11.5 Å². The van der Waals surface area contributed by atoms with E-state index in [1.165, 1.54) is 15.9 Å². The lowest BCUT2D eigenvalue weighted by atomic mass is 10.2. The SMILES string of the molecule is C[C@@H](NC(=O)c1cccs1)c1nc2cc(Cl)ccc2c(=O)n1C. The highest BCUT2D eigenvalue weighted by Crippen LogP contribution is 2.18. The van der Waals surface area contributed by atoms with E-state index in [0.717, 1.165) is 0 Å². The molecule has 1 aromatic carbocycles. The van der Waals surface area contributed by atoms with Crippen LogP contribution in [0.2, 0.25) is 5.02 Å². The summed E-state index contributed by atoms with van der Waals surface area (Å²) in [7, 11) is 1.65. The average molecular weight is 348 g/mol. The van der Waals surface area contributed by atoms with Crippen LogP contribution in [-0.2, 0) is 7.05 Å². The van der Waals surface area contributed by atoms with Crippen LogP contribution in [0.25, 0.3) is 10.9 Å². The molecule has 0 saturated carbocycles. The van der Waals surface area contributed by atoms with Crippen molar-refractivity contribution in [3.05, 3.63) is 61.8 Å². The van der Waals surface area contributed by atoms with E-state index >= 15 is 0 Å². The third kappa shape index (κ3) is 3.00. The Morgan fingerprint density at radius 1 is 1.39 bits per heavy atom. The van der Waals surface area contributed by atoms with Crippen LogP contribution in [0.4, 0.5) is 0 Å². The summed E-state index contributed by atoms with van der Waals surface area (Å²) in [5, 5.41) is 5.71. The van der Waals surface area contributed by atoms with Gasteiger partial charge >= 0.3 is 0 Å². The largest absolute Gasteiger partial charge is 0.342 e. The van der Waals surface area contributed by atoms with E-state index in [2.05, 4.69) is 10.3 Å². The lowest BCUT2D eigenvalue weighted by Crippen LogP contribution is -2.32. The normalized spacial score (nSPS) is 12.3. The Balaban J connectivity index is 2.00. The zero-order valence-electron chi connectivity index (χ0n) is 12.5. The van der Waals surface area contributed by atoms with Gasteiger partial charge in [0.1, 0.15) is 5.82 Å². The molecule has 0 unspecified atom stereocenters. The van der Waals surface area contributed by atoms with Gasteiger partial charge in [0, 0.05) is 12.1 Å². The van der Waals surface area contributed by atoms with Gasteiger partial charge in [-0.3, -0.25) is 14.2 Å². The second-order valence-electron chi connectivity index (χ2n) is 5.17. The summed E-state index contributed by atoms with van der Waals surface area (Å²) in [5.74, 6) is 0.294. The number of halogens is 1. The van der Waals surface area contributed by atoms with E-state index < -0.39 is 6.04 Å². The summed E-state index contributed by atoms with van der Waals surface area (Å²) in [6.07, 6.45) is 0. The molecule has 3 aromatic rings. The Labute approximate surface area is 141 Å². The predicted molar refractivity (Wildman–Crippen MR) is 92.2 cm³/mol. The minimum Gasteiger partial charge on any atom is -0.342 e. The van der Waals surface area contributed by atoms with E-state index in [4.69, 9.17) is 11.6 Å². The number of nitrogens with zero attached hydrogens (tertiary/aromatic N) is 2. The first-order valence-electron chi connectivity index (χ1n) is 6.98. The van der Waals surface area contributed by atoms with Gasteiger partial charge < -0.3 is 5.32 Å². The van der Waals surface area contributed by atoms with Crippen LogP contribution in [0.1, 0.15) is 28.5 Å². The summed E-state index contributed by atoms with van der Waals surface area (Å²) in [5.41, 5.74) is 0.353. The molecule has 0 aliphatic heterocycles. The molecule has 3 rings (SSSR count). The molecule has 2 aromatic heterocycles. The Morgan fingerprint density at radius 2 is 2.17 bits per heavy atom. The van der Waals surface area contributed by atoms with Crippen LogP contribution in [0.3, 0.4) is 0 Å².